The number of halogens is 1. The topological polar surface area (TPSA) is 44.5 Å². The third-order valence-corrected chi connectivity index (χ3v) is 6.03. The maximum Gasteiger partial charge on any atom is 0.162 e. The highest BCUT2D eigenvalue weighted by molar-refractivity contribution is 9.10. The molecule has 0 aromatic heterocycles. The molecular weight excluding hydrogens is 342 g/mol. The zero-order valence-electron chi connectivity index (χ0n) is 13.4. The Morgan fingerprint density at radius 3 is 2.41 bits per heavy atom. The van der Waals surface area contributed by atoms with E-state index in [1.165, 1.54) is 31.2 Å². The molecule has 0 heterocycles. The average molecular weight is 368 g/mol. The maximum absolute atomic E-state index is 6.18. The summed E-state index contributed by atoms with van der Waals surface area (Å²) in [4.78, 5) is 0. The molecule has 122 valence electrons. The fourth-order valence-electron chi connectivity index (χ4n) is 4.01. The zero-order valence-corrected chi connectivity index (χ0v) is 15.0. The second kappa shape index (κ2) is 6.79. The summed E-state index contributed by atoms with van der Waals surface area (Å²) < 4.78 is 12.9. The Hall–Kier alpha value is -0.740. The third-order valence-electron chi connectivity index (χ3n) is 5.37. The molecule has 0 spiro atoms. The third kappa shape index (κ3) is 3.00. The van der Waals surface area contributed by atoms with Crippen LogP contribution in [-0.4, -0.2) is 19.8 Å². The van der Waals surface area contributed by atoms with Gasteiger partial charge in [0.1, 0.15) is 0 Å². The molecule has 0 radical (unpaired) electrons. The van der Waals surface area contributed by atoms with Gasteiger partial charge in [-0.25, -0.2) is 0 Å². The smallest absolute Gasteiger partial charge is 0.162 e. The Morgan fingerprint density at radius 1 is 1.14 bits per heavy atom. The zero-order chi connectivity index (χ0) is 15.6. The minimum absolute atomic E-state index is 0.0952. The van der Waals surface area contributed by atoms with E-state index in [-0.39, 0.29) is 5.41 Å². The van der Waals surface area contributed by atoms with Gasteiger partial charge in [-0.2, -0.15) is 0 Å². The van der Waals surface area contributed by atoms with E-state index in [0.717, 1.165) is 41.7 Å². The minimum atomic E-state index is 0.0952. The molecular formula is C18H26BrNO2. The predicted molar refractivity (Wildman–Crippen MR) is 92.8 cm³/mol. The van der Waals surface area contributed by atoms with Crippen molar-refractivity contribution >= 4 is 15.9 Å². The summed E-state index contributed by atoms with van der Waals surface area (Å²) in [6.07, 6.45) is 10.00. The number of benzene rings is 1. The molecule has 0 aliphatic heterocycles. The van der Waals surface area contributed by atoms with Crippen LogP contribution in [0, 0.1) is 0 Å². The van der Waals surface area contributed by atoms with Crippen molar-refractivity contribution < 1.29 is 9.47 Å². The molecule has 1 aromatic carbocycles. The first-order chi connectivity index (χ1) is 10.7. The summed E-state index contributed by atoms with van der Waals surface area (Å²) >= 11 is 3.75. The Kier molecular flexibility index (Phi) is 4.98. The van der Waals surface area contributed by atoms with Crippen LogP contribution in [0.25, 0.3) is 0 Å². The molecule has 0 unspecified atom stereocenters. The number of hydrogen-bond acceptors (Lipinski definition) is 3. The van der Waals surface area contributed by atoms with Crippen molar-refractivity contribution in [2.24, 2.45) is 5.73 Å². The van der Waals surface area contributed by atoms with Gasteiger partial charge in [-0.1, -0.05) is 28.8 Å². The van der Waals surface area contributed by atoms with Gasteiger partial charge in [0, 0.05) is 16.4 Å². The summed E-state index contributed by atoms with van der Waals surface area (Å²) in [7, 11) is 1.72. The Bertz CT molecular complexity index is 520. The van der Waals surface area contributed by atoms with E-state index in [1.807, 2.05) is 0 Å². The van der Waals surface area contributed by atoms with Crippen LogP contribution in [0.1, 0.15) is 56.9 Å². The fraction of sp³-hybridized carbons (Fsp3) is 0.667. The minimum Gasteiger partial charge on any atom is -0.493 e. The largest absolute Gasteiger partial charge is 0.493 e. The van der Waals surface area contributed by atoms with Crippen LogP contribution < -0.4 is 15.2 Å². The average Bonchev–Trinajstić information content (AvgIpc) is 3.19. The van der Waals surface area contributed by atoms with Crippen LogP contribution in [0.5, 0.6) is 11.5 Å². The van der Waals surface area contributed by atoms with Gasteiger partial charge in [0.05, 0.1) is 13.2 Å². The number of ether oxygens (including phenoxy) is 2. The van der Waals surface area contributed by atoms with E-state index in [1.54, 1.807) is 7.11 Å². The first-order valence-corrected chi connectivity index (χ1v) is 9.22. The second-order valence-corrected chi connectivity index (χ2v) is 7.55. The Morgan fingerprint density at radius 2 is 1.82 bits per heavy atom. The summed E-state index contributed by atoms with van der Waals surface area (Å²) in [5, 5.41) is 0. The van der Waals surface area contributed by atoms with Gasteiger partial charge in [-0.05, 0) is 56.2 Å². The van der Waals surface area contributed by atoms with Gasteiger partial charge < -0.3 is 15.2 Å². The molecule has 22 heavy (non-hydrogen) atoms. The van der Waals surface area contributed by atoms with Crippen LogP contribution in [0.3, 0.4) is 0 Å². The first-order valence-electron chi connectivity index (χ1n) is 8.43. The van der Waals surface area contributed by atoms with Gasteiger partial charge >= 0.3 is 0 Å². The second-order valence-electron chi connectivity index (χ2n) is 6.70. The monoisotopic (exact) mass is 367 g/mol. The van der Waals surface area contributed by atoms with Gasteiger partial charge in [0.2, 0.25) is 0 Å². The van der Waals surface area contributed by atoms with Crippen LogP contribution in [0.2, 0.25) is 0 Å². The van der Waals surface area contributed by atoms with Crippen LogP contribution in [0.15, 0.2) is 16.6 Å². The number of hydrogen-bond donors (Lipinski definition) is 1. The molecule has 1 aromatic rings. The lowest BCUT2D eigenvalue weighted by molar-refractivity contribution is 0.200. The van der Waals surface area contributed by atoms with E-state index < -0.39 is 0 Å². The summed E-state index contributed by atoms with van der Waals surface area (Å²) in [5.74, 6) is 1.69. The number of methoxy groups -OCH3 is 1. The first kappa shape index (κ1) is 16.1. The molecule has 2 fully saturated rings. The van der Waals surface area contributed by atoms with E-state index in [2.05, 4.69) is 28.1 Å². The summed E-state index contributed by atoms with van der Waals surface area (Å²) in [5.41, 5.74) is 7.51. The van der Waals surface area contributed by atoms with Crippen LogP contribution >= 0.6 is 15.9 Å². The van der Waals surface area contributed by atoms with Crippen molar-refractivity contribution in [3.63, 3.8) is 0 Å². The van der Waals surface area contributed by atoms with Gasteiger partial charge in [-0.15, -0.1) is 0 Å². The van der Waals surface area contributed by atoms with Crippen molar-refractivity contribution in [3.8, 4) is 11.5 Å². The highest BCUT2D eigenvalue weighted by Gasteiger charge is 2.36. The van der Waals surface area contributed by atoms with Gasteiger partial charge in [0.15, 0.2) is 11.5 Å². The Balaban J connectivity index is 1.92. The lowest BCUT2D eigenvalue weighted by Gasteiger charge is -2.30. The van der Waals surface area contributed by atoms with Crippen molar-refractivity contribution in [3.05, 3.63) is 22.2 Å². The summed E-state index contributed by atoms with van der Waals surface area (Å²) in [6, 6.07) is 4.23. The number of rotatable bonds is 5. The van der Waals surface area contributed by atoms with Crippen molar-refractivity contribution in [1.29, 1.82) is 0 Å². The quantitative estimate of drug-likeness (QED) is 0.829. The normalized spacial score (nSPS) is 21.2. The molecule has 3 nitrogen and oxygen atoms in total. The highest BCUT2D eigenvalue weighted by Crippen LogP contribution is 2.47. The molecule has 0 atom stereocenters. The standard InChI is InChI=1S/C18H26BrNO2/c1-21-16-10-14(18(12-20)8-4-5-9-18)15(19)11-17(16)22-13-6-2-3-7-13/h10-11,13H,2-9,12,20H2,1H3. The van der Waals surface area contributed by atoms with Gasteiger partial charge in [-0.3, -0.25) is 0 Å². The van der Waals surface area contributed by atoms with Gasteiger partial charge in [0.25, 0.3) is 0 Å². The highest BCUT2D eigenvalue weighted by atomic mass is 79.9. The van der Waals surface area contributed by atoms with Crippen LogP contribution in [-0.2, 0) is 5.41 Å². The fourth-order valence-corrected chi connectivity index (χ4v) is 4.76. The van der Waals surface area contributed by atoms with Crippen molar-refractivity contribution in [1.82, 2.24) is 0 Å². The maximum atomic E-state index is 6.18. The van der Waals surface area contributed by atoms with E-state index in [9.17, 15) is 0 Å². The Labute approximate surface area is 141 Å². The lowest BCUT2D eigenvalue weighted by Crippen LogP contribution is -2.32. The van der Waals surface area contributed by atoms with Crippen molar-refractivity contribution in [2.45, 2.75) is 62.9 Å². The lowest BCUT2D eigenvalue weighted by atomic mass is 9.79. The molecule has 2 aliphatic carbocycles. The molecule has 0 saturated heterocycles. The predicted octanol–water partition coefficient (Wildman–Crippen LogP) is 4.55. The molecule has 0 bridgehead atoms. The molecule has 4 heteroatoms. The number of nitrogens with two attached hydrogens (primary N) is 1. The molecule has 2 aliphatic rings. The molecule has 3 rings (SSSR count). The SMILES string of the molecule is COc1cc(C2(CN)CCCC2)c(Br)cc1OC1CCCC1. The molecule has 2 N–H and O–H groups in total. The van der Waals surface area contributed by atoms with E-state index in [4.69, 9.17) is 15.2 Å². The summed E-state index contributed by atoms with van der Waals surface area (Å²) in [6.45, 7) is 0.692. The molecule has 0 amide bonds. The van der Waals surface area contributed by atoms with Crippen LogP contribution in [0.4, 0.5) is 0 Å². The molecule has 2 saturated carbocycles. The van der Waals surface area contributed by atoms with E-state index >= 15 is 0 Å². The van der Waals surface area contributed by atoms with Crippen molar-refractivity contribution in [2.75, 3.05) is 13.7 Å². The van der Waals surface area contributed by atoms with E-state index in [0.29, 0.717) is 12.6 Å².